The molecule has 0 aliphatic heterocycles. The summed E-state index contributed by atoms with van der Waals surface area (Å²) in [5, 5.41) is 31.2. The summed E-state index contributed by atoms with van der Waals surface area (Å²) in [6.45, 7) is 0. The average Bonchev–Trinajstić information content (AvgIpc) is 2.16. The van der Waals surface area contributed by atoms with Gasteiger partial charge in [-0.3, -0.25) is 4.98 Å². The summed E-state index contributed by atoms with van der Waals surface area (Å²) in [5.74, 6) is -5.34. The molecular formula is C8H2NO6-3. The standard InChI is InChI=1S/C8H5NO6/c10-6(11)3-1-5(8(14)15)9-2-4(3)7(12)13/h1-2H,(H,10,11)(H,12,13)(H,14,15)/p-3. The Kier molecular flexibility index (Phi) is 2.65. The average molecular weight is 208 g/mol. The van der Waals surface area contributed by atoms with E-state index in [0.29, 0.717) is 12.3 Å². The Balaban J connectivity index is 3.40. The molecule has 0 radical (unpaired) electrons. The van der Waals surface area contributed by atoms with E-state index in [1.165, 1.54) is 0 Å². The molecular weight excluding hydrogens is 206 g/mol. The van der Waals surface area contributed by atoms with E-state index in [1.54, 1.807) is 0 Å². The molecule has 0 atom stereocenters. The van der Waals surface area contributed by atoms with Gasteiger partial charge in [-0.25, -0.2) is 0 Å². The van der Waals surface area contributed by atoms with E-state index in [4.69, 9.17) is 0 Å². The molecule has 0 saturated carbocycles. The Labute approximate surface area is 82.6 Å². The number of rotatable bonds is 3. The molecule has 0 aliphatic rings. The maximum atomic E-state index is 10.5. The van der Waals surface area contributed by atoms with E-state index in [2.05, 4.69) is 4.98 Å². The van der Waals surface area contributed by atoms with Crippen molar-refractivity contribution in [3.8, 4) is 0 Å². The van der Waals surface area contributed by atoms with E-state index < -0.39 is 34.7 Å². The second kappa shape index (κ2) is 3.74. The second-order valence-electron chi connectivity index (χ2n) is 2.48. The third-order valence-corrected chi connectivity index (χ3v) is 1.55. The highest BCUT2D eigenvalue weighted by molar-refractivity contribution is 6.01. The molecule has 15 heavy (non-hydrogen) atoms. The van der Waals surface area contributed by atoms with Gasteiger partial charge in [0, 0.05) is 17.3 Å². The third kappa shape index (κ3) is 2.08. The molecule has 7 nitrogen and oxygen atoms in total. The quantitative estimate of drug-likeness (QED) is 0.496. The highest BCUT2D eigenvalue weighted by Crippen LogP contribution is 2.07. The minimum atomic E-state index is -1.83. The van der Waals surface area contributed by atoms with Crippen LogP contribution in [0.1, 0.15) is 31.2 Å². The van der Waals surface area contributed by atoms with Crippen LogP contribution in [0.3, 0.4) is 0 Å². The maximum absolute atomic E-state index is 10.5. The maximum Gasteiger partial charge on any atom is 0.0900 e. The second-order valence-corrected chi connectivity index (χ2v) is 2.48. The van der Waals surface area contributed by atoms with Gasteiger partial charge >= 0.3 is 0 Å². The van der Waals surface area contributed by atoms with Gasteiger partial charge in [0.25, 0.3) is 0 Å². The summed E-state index contributed by atoms with van der Waals surface area (Å²) in [4.78, 5) is 34.3. The van der Waals surface area contributed by atoms with Gasteiger partial charge in [-0.15, -0.1) is 0 Å². The van der Waals surface area contributed by atoms with E-state index in [9.17, 15) is 29.7 Å². The van der Waals surface area contributed by atoms with E-state index in [0.717, 1.165) is 0 Å². The van der Waals surface area contributed by atoms with Crippen molar-refractivity contribution < 1.29 is 29.7 Å². The number of hydrogen-bond acceptors (Lipinski definition) is 7. The number of aromatic nitrogens is 1. The van der Waals surface area contributed by atoms with E-state index in [1.807, 2.05) is 0 Å². The van der Waals surface area contributed by atoms with Crippen LogP contribution in [-0.2, 0) is 0 Å². The summed E-state index contributed by atoms with van der Waals surface area (Å²) < 4.78 is 0. The summed E-state index contributed by atoms with van der Waals surface area (Å²) in [6, 6.07) is 0.537. The summed E-state index contributed by atoms with van der Waals surface area (Å²) in [6.07, 6.45) is 0.561. The Morgan fingerprint density at radius 1 is 0.933 bits per heavy atom. The molecule has 0 N–H and O–H groups in total. The third-order valence-electron chi connectivity index (χ3n) is 1.55. The molecule has 78 valence electrons. The highest BCUT2D eigenvalue weighted by Gasteiger charge is 2.07. The lowest BCUT2D eigenvalue weighted by atomic mass is 10.1. The molecule has 0 aromatic carbocycles. The first-order valence-corrected chi connectivity index (χ1v) is 3.57. The van der Waals surface area contributed by atoms with Crippen LogP contribution in [0.25, 0.3) is 0 Å². The Morgan fingerprint density at radius 2 is 1.47 bits per heavy atom. The molecule has 0 aliphatic carbocycles. The monoisotopic (exact) mass is 208 g/mol. The first-order chi connectivity index (χ1) is 6.93. The zero-order valence-electron chi connectivity index (χ0n) is 7.05. The lowest BCUT2D eigenvalue weighted by molar-refractivity contribution is -0.260. The van der Waals surface area contributed by atoms with Gasteiger partial charge in [0.15, 0.2) is 0 Å². The summed E-state index contributed by atoms with van der Waals surface area (Å²) in [5.41, 5.74) is -2.26. The lowest BCUT2D eigenvalue weighted by Gasteiger charge is -2.12. The van der Waals surface area contributed by atoms with Crippen molar-refractivity contribution in [3.63, 3.8) is 0 Å². The molecule has 0 fully saturated rings. The van der Waals surface area contributed by atoms with Crippen molar-refractivity contribution in [2.45, 2.75) is 0 Å². The number of carboxylic acid groups (broad SMARTS) is 3. The van der Waals surface area contributed by atoms with Crippen molar-refractivity contribution in [1.82, 2.24) is 4.98 Å². The molecule has 0 amide bonds. The molecule has 0 saturated heterocycles. The Bertz CT molecular complexity index is 452. The summed E-state index contributed by atoms with van der Waals surface area (Å²) in [7, 11) is 0. The zero-order chi connectivity index (χ0) is 11.6. The molecule has 0 spiro atoms. The molecule has 0 bridgehead atoms. The van der Waals surface area contributed by atoms with Crippen LogP contribution in [0.2, 0.25) is 0 Å². The van der Waals surface area contributed by atoms with Crippen LogP contribution in [0.4, 0.5) is 0 Å². The van der Waals surface area contributed by atoms with Crippen LogP contribution >= 0.6 is 0 Å². The van der Waals surface area contributed by atoms with Gasteiger partial charge < -0.3 is 29.7 Å². The normalized spacial score (nSPS) is 9.60. The minimum absolute atomic E-state index is 0.537. The smallest absolute Gasteiger partial charge is 0.0900 e. The van der Waals surface area contributed by atoms with Crippen molar-refractivity contribution in [3.05, 3.63) is 29.1 Å². The number of nitrogens with zero attached hydrogens (tertiary/aromatic N) is 1. The largest absolute Gasteiger partial charge is 0.545 e. The fourth-order valence-electron chi connectivity index (χ4n) is 0.899. The van der Waals surface area contributed by atoms with Gasteiger partial charge in [-0.1, -0.05) is 0 Å². The Morgan fingerprint density at radius 3 is 1.87 bits per heavy atom. The van der Waals surface area contributed by atoms with Crippen LogP contribution in [0.5, 0.6) is 0 Å². The van der Waals surface area contributed by atoms with Gasteiger partial charge in [-0.05, 0) is 6.07 Å². The van der Waals surface area contributed by atoms with Crippen LogP contribution in [0.15, 0.2) is 12.3 Å². The number of carbonyl (C=O) groups is 3. The number of carbonyl (C=O) groups excluding carboxylic acids is 3. The highest BCUT2D eigenvalue weighted by atomic mass is 16.4. The van der Waals surface area contributed by atoms with Crippen molar-refractivity contribution in [2.75, 3.05) is 0 Å². The molecule has 1 aromatic heterocycles. The van der Waals surface area contributed by atoms with Crippen LogP contribution < -0.4 is 15.3 Å². The van der Waals surface area contributed by atoms with Gasteiger partial charge in [0.2, 0.25) is 0 Å². The van der Waals surface area contributed by atoms with Gasteiger partial charge in [0.1, 0.15) is 0 Å². The number of carboxylic acids is 3. The number of hydrogen-bond donors (Lipinski definition) is 0. The van der Waals surface area contributed by atoms with Crippen LogP contribution in [0, 0.1) is 0 Å². The van der Waals surface area contributed by atoms with Gasteiger partial charge in [0.05, 0.1) is 23.6 Å². The fraction of sp³-hybridized carbons (Fsp3) is 0. The topological polar surface area (TPSA) is 133 Å². The minimum Gasteiger partial charge on any atom is -0.545 e. The molecule has 1 heterocycles. The van der Waals surface area contributed by atoms with Crippen LogP contribution in [-0.4, -0.2) is 22.9 Å². The molecule has 1 aromatic rings. The van der Waals surface area contributed by atoms with Crippen molar-refractivity contribution in [1.29, 1.82) is 0 Å². The number of pyridine rings is 1. The zero-order valence-corrected chi connectivity index (χ0v) is 7.05. The molecule has 1 rings (SSSR count). The Hall–Kier alpha value is -2.44. The van der Waals surface area contributed by atoms with E-state index >= 15 is 0 Å². The number of aromatic carboxylic acids is 3. The lowest BCUT2D eigenvalue weighted by Crippen LogP contribution is -2.32. The van der Waals surface area contributed by atoms with Crippen molar-refractivity contribution in [2.24, 2.45) is 0 Å². The first-order valence-electron chi connectivity index (χ1n) is 3.57. The fourth-order valence-corrected chi connectivity index (χ4v) is 0.899. The predicted molar refractivity (Wildman–Crippen MR) is 37.2 cm³/mol. The molecule has 0 unspecified atom stereocenters. The SMILES string of the molecule is O=C([O-])c1cc(C(=O)[O-])c(C(=O)[O-])cn1. The molecule has 7 heteroatoms. The van der Waals surface area contributed by atoms with E-state index in [-0.39, 0.29) is 0 Å². The van der Waals surface area contributed by atoms with Crippen molar-refractivity contribution >= 4 is 17.9 Å². The predicted octanol–water partition coefficient (Wildman–Crippen LogP) is -3.83. The first kappa shape index (κ1) is 10.6. The van der Waals surface area contributed by atoms with Gasteiger partial charge in [-0.2, -0.15) is 0 Å². The summed E-state index contributed by atoms with van der Waals surface area (Å²) >= 11 is 0.